The molecule has 0 amide bonds. The molecule has 1 saturated heterocycles. The molecule has 0 N–H and O–H groups in total. The Labute approximate surface area is 45.1 Å². The summed E-state index contributed by atoms with van der Waals surface area (Å²) >= 11 is 0. The van der Waals surface area contributed by atoms with Gasteiger partial charge >= 0.3 is 0 Å². The fraction of sp³-hybridized carbons (Fsp3) is 0.833. The van der Waals surface area contributed by atoms with Gasteiger partial charge in [-0.25, -0.2) is 5.32 Å². The fourth-order valence-electron chi connectivity index (χ4n) is 0.820. The van der Waals surface area contributed by atoms with Gasteiger partial charge in [0.2, 0.25) is 0 Å². The summed E-state index contributed by atoms with van der Waals surface area (Å²) in [5.74, 6) is 0. The van der Waals surface area contributed by atoms with Crippen LogP contribution in [0.1, 0.15) is 19.8 Å². The van der Waals surface area contributed by atoms with E-state index in [9.17, 15) is 0 Å². The van der Waals surface area contributed by atoms with Crippen molar-refractivity contribution < 1.29 is 0 Å². The Kier molecular flexibility index (Phi) is 1.69. The van der Waals surface area contributed by atoms with E-state index in [1.165, 1.54) is 12.8 Å². The SMILES string of the molecule is CC1C[CH]CC[N]1. The molecule has 0 aromatic heterocycles. The molecule has 1 nitrogen and oxygen atoms in total. The van der Waals surface area contributed by atoms with E-state index in [0.717, 1.165) is 6.54 Å². The molecule has 1 aliphatic heterocycles. The van der Waals surface area contributed by atoms with Crippen LogP contribution < -0.4 is 5.32 Å². The van der Waals surface area contributed by atoms with Crippen LogP contribution in [0.15, 0.2) is 0 Å². The van der Waals surface area contributed by atoms with Crippen molar-refractivity contribution >= 4 is 0 Å². The smallest absolute Gasteiger partial charge is 0.0220 e. The van der Waals surface area contributed by atoms with E-state index in [1.54, 1.807) is 0 Å². The molecule has 0 bridgehead atoms. The summed E-state index contributed by atoms with van der Waals surface area (Å²) in [6, 6.07) is 0.605. The zero-order chi connectivity index (χ0) is 5.11. The second-order valence-electron chi connectivity index (χ2n) is 2.07. The third kappa shape index (κ3) is 1.48. The Morgan fingerprint density at radius 2 is 2.57 bits per heavy atom. The Bertz CT molecular complexity index is 46.1. The molecule has 1 unspecified atom stereocenters. The van der Waals surface area contributed by atoms with Gasteiger partial charge < -0.3 is 0 Å². The molecule has 1 heteroatoms. The van der Waals surface area contributed by atoms with Gasteiger partial charge in [-0.05, 0) is 26.2 Å². The van der Waals surface area contributed by atoms with Crippen LogP contribution >= 0.6 is 0 Å². The highest BCUT2D eigenvalue weighted by molar-refractivity contribution is 4.78. The molecule has 1 aliphatic rings. The molecule has 1 fully saturated rings. The Balaban J connectivity index is 2.12. The summed E-state index contributed by atoms with van der Waals surface area (Å²) in [7, 11) is 0. The predicted molar refractivity (Wildman–Crippen MR) is 30.0 cm³/mol. The quantitative estimate of drug-likeness (QED) is 0.428. The highest BCUT2D eigenvalue weighted by atomic mass is 14.9. The molecule has 2 radical (unpaired) electrons. The van der Waals surface area contributed by atoms with Crippen molar-refractivity contribution in [3.63, 3.8) is 0 Å². The summed E-state index contributed by atoms with van der Waals surface area (Å²) < 4.78 is 0. The summed E-state index contributed by atoms with van der Waals surface area (Å²) in [5.41, 5.74) is 0. The molecule has 7 heavy (non-hydrogen) atoms. The van der Waals surface area contributed by atoms with Crippen molar-refractivity contribution in [2.75, 3.05) is 6.54 Å². The molecule has 0 aromatic carbocycles. The Morgan fingerprint density at radius 3 is 2.86 bits per heavy atom. The van der Waals surface area contributed by atoms with Crippen LogP contribution in [0.5, 0.6) is 0 Å². The average Bonchev–Trinajstić information content (AvgIpc) is 1.69. The Morgan fingerprint density at radius 1 is 1.71 bits per heavy atom. The van der Waals surface area contributed by atoms with E-state index in [0.29, 0.717) is 6.04 Å². The monoisotopic (exact) mass is 97.1 g/mol. The van der Waals surface area contributed by atoms with Gasteiger partial charge in [0.15, 0.2) is 0 Å². The molecule has 1 rings (SSSR count). The maximum atomic E-state index is 4.30. The first-order valence-electron chi connectivity index (χ1n) is 2.88. The first kappa shape index (κ1) is 5.10. The number of rotatable bonds is 0. The van der Waals surface area contributed by atoms with E-state index in [4.69, 9.17) is 0 Å². The zero-order valence-corrected chi connectivity index (χ0v) is 4.72. The van der Waals surface area contributed by atoms with E-state index in [-0.39, 0.29) is 0 Å². The van der Waals surface area contributed by atoms with E-state index >= 15 is 0 Å². The normalized spacial score (nSPS) is 33.0. The van der Waals surface area contributed by atoms with Gasteiger partial charge in [0, 0.05) is 12.6 Å². The van der Waals surface area contributed by atoms with Gasteiger partial charge in [-0.3, -0.25) is 0 Å². The second-order valence-corrected chi connectivity index (χ2v) is 2.07. The van der Waals surface area contributed by atoms with E-state index in [1.807, 2.05) is 0 Å². The van der Waals surface area contributed by atoms with Crippen LogP contribution in [0.2, 0.25) is 0 Å². The van der Waals surface area contributed by atoms with Crippen LogP contribution in [0.25, 0.3) is 0 Å². The van der Waals surface area contributed by atoms with Crippen molar-refractivity contribution in [3.8, 4) is 0 Å². The lowest BCUT2D eigenvalue weighted by molar-refractivity contribution is 0.478. The molecule has 0 spiro atoms. The third-order valence-electron chi connectivity index (χ3n) is 1.28. The van der Waals surface area contributed by atoms with Crippen molar-refractivity contribution in [1.29, 1.82) is 0 Å². The minimum atomic E-state index is 0.605. The summed E-state index contributed by atoms with van der Waals surface area (Å²) in [6.07, 6.45) is 4.71. The molecular weight excluding hydrogens is 86.1 g/mol. The second kappa shape index (κ2) is 2.31. The minimum absolute atomic E-state index is 0.605. The molecule has 0 aromatic rings. The van der Waals surface area contributed by atoms with Crippen LogP contribution in [0.4, 0.5) is 0 Å². The van der Waals surface area contributed by atoms with Gasteiger partial charge in [-0.2, -0.15) is 0 Å². The fourth-order valence-corrected chi connectivity index (χ4v) is 0.820. The van der Waals surface area contributed by atoms with Crippen molar-refractivity contribution in [1.82, 2.24) is 5.32 Å². The average molecular weight is 97.2 g/mol. The molecule has 1 atom stereocenters. The van der Waals surface area contributed by atoms with Crippen LogP contribution in [0, 0.1) is 6.42 Å². The minimum Gasteiger partial charge on any atom is -0.239 e. The third-order valence-corrected chi connectivity index (χ3v) is 1.28. The first-order chi connectivity index (χ1) is 3.39. The molecule has 0 aliphatic carbocycles. The van der Waals surface area contributed by atoms with Crippen molar-refractivity contribution in [3.05, 3.63) is 6.42 Å². The number of hydrogen-bond acceptors (Lipinski definition) is 0. The Hall–Kier alpha value is -0.0400. The van der Waals surface area contributed by atoms with Crippen molar-refractivity contribution in [2.24, 2.45) is 0 Å². The van der Waals surface area contributed by atoms with Gasteiger partial charge in [-0.1, -0.05) is 0 Å². The number of hydrogen-bond donors (Lipinski definition) is 0. The maximum Gasteiger partial charge on any atom is 0.0220 e. The number of piperidine rings is 1. The molecule has 40 valence electrons. The molecular formula is C6H11N. The van der Waals surface area contributed by atoms with Crippen LogP contribution in [-0.2, 0) is 0 Å². The molecule has 1 heterocycles. The summed E-state index contributed by atoms with van der Waals surface area (Å²) in [4.78, 5) is 0. The lowest BCUT2D eigenvalue weighted by atomic mass is 10.1. The largest absolute Gasteiger partial charge is 0.239 e. The lowest BCUT2D eigenvalue weighted by Gasteiger charge is -2.15. The highest BCUT2D eigenvalue weighted by Crippen LogP contribution is 2.04. The van der Waals surface area contributed by atoms with E-state index < -0.39 is 0 Å². The zero-order valence-electron chi connectivity index (χ0n) is 4.72. The van der Waals surface area contributed by atoms with Crippen molar-refractivity contribution in [2.45, 2.75) is 25.8 Å². The molecule has 0 saturated carbocycles. The topological polar surface area (TPSA) is 14.1 Å². The van der Waals surface area contributed by atoms with Gasteiger partial charge in [-0.15, -0.1) is 0 Å². The number of nitrogens with zero attached hydrogens (tertiary/aromatic N) is 1. The maximum absolute atomic E-state index is 4.30. The first-order valence-corrected chi connectivity index (χ1v) is 2.88. The predicted octanol–water partition coefficient (Wildman–Crippen LogP) is 0.977. The van der Waals surface area contributed by atoms with E-state index in [2.05, 4.69) is 18.7 Å². The highest BCUT2D eigenvalue weighted by Gasteiger charge is 2.06. The van der Waals surface area contributed by atoms with Crippen LogP contribution in [-0.4, -0.2) is 12.6 Å². The summed E-state index contributed by atoms with van der Waals surface area (Å²) in [6.45, 7) is 3.22. The van der Waals surface area contributed by atoms with Gasteiger partial charge in [0.25, 0.3) is 0 Å². The van der Waals surface area contributed by atoms with Gasteiger partial charge in [0.05, 0.1) is 0 Å². The summed E-state index contributed by atoms with van der Waals surface area (Å²) in [5, 5.41) is 4.30. The standard InChI is InChI=1S/C6H11N/c1-6-4-2-3-5-7-6/h2,6H,3-5H2,1H3. The van der Waals surface area contributed by atoms with Crippen LogP contribution in [0.3, 0.4) is 0 Å². The lowest BCUT2D eigenvalue weighted by Crippen LogP contribution is -2.24. The van der Waals surface area contributed by atoms with Gasteiger partial charge in [0.1, 0.15) is 0 Å².